The van der Waals surface area contributed by atoms with Gasteiger partial charge in [-0.05, 0) is 75.0 Å². The number of methoxy groups -OCH3 is 1. The van der Waals surface area contributed by atoms with Crippen LogP contribution in [0.4, 0.5) is 5.69 Å². The average molecular weight is 455 g/mol. The second kappa shape index (κ2) is 10.4. The molecule has 1 aromatic heterocycles. The Morgan fingerprint density at radius 3 is 2.26 bits per heavy atom. The summed E-state index contributed by atoms with van der Waals surface area (Å²) in [6.45, 7) is 5.75. The summed E-state index contributed by atoms with van der Waals surface area (Å²) in [6.07, 6.45) is 0. The van der Waals surface area contributed by atoms with E-state index in [4.69, 9.17) is 9.84 Å². The zero-order valence-electron chi connectivity index (χ0n) is 20.1. The third-order valence-corrected chi connectivity index (χ3v) is 5.89. The van der Waals surface area contributed by atoms with Crippen molar-refractivity contribution in [1.29, 1.82) is 0 Å². The first-order valence-electron chi connectivity index (χ1n) is 11.3. The Balaban J connectivity index is 1.38. The van der Waals surface area contributed by atoms with Crippen LogP contribution >= 0.6 is 0 Å². The van der Waals surface area contributed by atoms with E-state index in [0.29, 0.717) is 5.56 Å². The van der Waals surface area contributed by atoms with Gasteiger partial charge in [-0.3, -0.25) is 9.69 Å². The lowest BCUT2D eigenvalue weighted by Gasteiger charge is -2.17. The van der Waals surface area contributed by atoms with Gasteiger partial charge in [-0.15, -0.1) is 0 Å². The van der Waals surface area contributed by atoms with Gasteiger partial charge in [0.1, 0.15) is 5.75 Å². The van der Waals surface area contributed by atoms with Gasteiger partial charge in [0.15, 0.2) is 0 Å². The second-order valence-electron chi connectivity index (χ2n) is 8.45. The van der Waals surface area contributed by atoms with Crippen molar-refractivity contribution in [1.82, 2.24) is 14.7 Å². The summed E-state index contributed by atoms with van der Waals surface area (Å²) < 4.78 is 7.16. The monoisotopic (exact) mass is 454 g/mol. The van der Waals surface area contributed by atoms with E-state index in [1.54, 1.807) is 7.11 Å². The minimum Gasteiger partial charge on any atom is -0.497 e. The van der Waals surface area contributed by atoms with E-state index >= 15 is 0 Å². The zero-order valence-corrected chi connectivity index (χ0v) is 20.1. The largest absolute Gasteiger partial charge is 0.497 e. The average Bonchev–Trinajstić information content (AvgIpc) is 3.13. The molecule has 0 atom stereocenters. The summed E-state index contributed by atoms with van der Waals surface area (Å²) >= 11 is 0. The van der Waals surface area contributed by atoms with Crippen LogP contribution in [0.25, 0.3) is 5.69 Å². The van der Waals surface area contributed by atoms with Crippen molar-refractivity contribution in [3.8, 4) is 11.4 Å². The SMILES string of the molecule is COc1ccc(NC(=O)c2ccc(CN(C)Cc3c(C)nn(-c4ccccc4)c3C)cc2)cc1. The van der Waals surface area contributed by atoms with Crippen LogP contribution in [0.1, 0.15) is 32.9 Å². The molecule has 1 heterocycles. The number of carbonyl (C=O) groups excluding carboxylic acids is 1. The minimum absolute atomic E-state index is 0.135. The van der Waals surface area contributed by atoms with Crippen LogP contribution in [-0.2, 0) is 13.1 Å². The third-order valence-electron chi connectivity index (χ3n) is 5.89. The Morgan fingerprint density at radius 2 is 1.62 bits per heavy atom. The Kier molecular flexibility index (Phi) is 7.09. The number of rotatable bonds is 8. The molecule has 0 spiro atoms. The number of amides is 1. The maximum absolute atomic E-state index is 12.6. The third kappa shape index (κ3) is 5.35. The Hall–Kier alpha value is -3.90. The fourth-order valence-corrected chi connectivity index (χ4v) is 4.00. The van der Waals surface area contributed by atoms with Gasteiger partial charge in [-0.2, -0.15) is 5.10 Å². The maximum atomic E-state index is 12.6. The molecular weight excluding hydrogens is 424 g/mol. The van der Waals surface area contributed by atoms with Crippen LogP contribution in [-0.4, -0.2) is 34.7 Å². The number of nitrogens with one attached hydrogen (secondary N) is 1. The Bertz CT molecular complexity index is 1250. The van der Waals surface area contributed by atoms with Crippen LogP contribution < -0.4 is 10.1 Å². The highest BCUT2D eigenvalue weighted by Crippen LogP contribution is 2.20. The van der Waals surface area contributed by atoms with Crippen molar-refractivity contribution in [2.45, 2.75) is 26.9 Å². The quantitative estimate of drug-likeness (QED) is 0.388. The van der Waals surface area contributed by atoms with E-state index in [-0.39, 0.29) is 5.91 Å². The first-order valence-corrected chi connectivity index (χ1v) is 11.3. The molecule has 4 rings (SSSR count). The molecule has 0 radical (unpaired) electrons. The highest BCUT2D eigenvalue weighted by Gasteiger charge is 2.15. The standard InChI is InChI=1S/C28H30N4O2/c1-20-27(21(2)32(30-20)25-8-6-5-7-9-25)19-31(3)18-22-10-12-23(13-11-22)28(33)29-24-14-16-26(34-4)17-15-24/h5-17H,18-19H2,1-4H3,(H,29,33). The van der Waals surface area contributed by atoms with Gasteiger partial charge in [-0.1, -0.05) is 30.3 Å². The van der Waals surface area contributed by atoms with Gasteiger partial charge in [0.05, 0.1) is 18.5 Å². The van der Waals surface area contributed by atoms with Gasteiger partial charge in [-0.25, -0.2) is 4.68 Å². The summed E-state index contributed by atoms with van der Waals surface area (Å²) in [4.78, 5) is 14.8. The number of ether oxygens (including phenoxy) is 1. The summed E-state index contributed by atoms with van der Waals surface area (Å²) in [6, 6.07) is 25.2. The predicted octanol–water partition coefficient (Wildman–Crippen LogP) is 5.38. The molecule has 6 nitrogen and oxygen atoms in total. The summed E-state index contributed by atoms with van der Waals surface area (Å²) in [5.41, 5.74) is 7.01. The zero-order chi connectivity index (χ0) is 24.1. The van der Waals surface area contributed by atoms with Crippen molar-refractivity contribution in [3.63, 3.8) is 0 Å². The molecule has 0 fully saturated rings. The lowest BCUT2D eigenvalue weighted by molar-refractivity contribution is 0.102. The fraction of sp³-hybridized carbons (Fsp3) is 0.214. The van der Waals surface area contributed by atoms with Crippen molar-refractivity contribution < 1.29 is 9.53 Å². The molecule has 34 heavy (non-hydrogen) atoms. The van der Waals surface area contributed by atoms with Gasteiger partial charge >= 0.3 is 0 Å². The van der Waals surface area contributed by atoms with Crippen molar-refractivity contribution in [3.05, 3.63) is 107 Å². The van der Waals surface area contributed by atoms with E-state index in [9.17, 15) is 4.79 Å². The molecule has 0 aliphatic carbocycles. The van der Waals surface area contributed by atoms with Crippen molar-refractivity contribution in [2.75, 3.05) is 19.5 Å². The normalized spacial score (nSPS) is 11.0. The van der Waals surface area contributed by atoms with E-state index in [1.807, 2.05) is 71.4 Å². The molecule has 1 amide bonds. The molecule has 0 bridgehead atoms. The topological polar surface area (TPSA) is 59.4 Å². The molecule has 0 aliphatic heterocycles. The second-order valence-corrected chi connectivity index (χ2v) is 8.45. The molecule has 4 aromatic rings. The van der Waals surface area contributed by atoms with Crippen LogP contribution in [0.5, 0.6) is 5.75 Å². The number of hydrogen-bond acceptors (Lipinski definition) is 4. The lowest BCUT2D eigenvalue weighted by atomic mass is 10.1. The first kappa shape index (κ1) is 23.3. The molecule has 0 saturated carbocycles. The summed E-state index contributed by atoms with van der Waals surface area (Å²) in [5.74, 6) is 0.619. The molecular formula is C28H30N4O2. The Morgan fingerprint density at radius 1 is 0.941 bits per heavy atom. The molecule has 1 N–H and O–H groups in total. The van der Waals surface area contributed by atoms with E-state index < -0.39 is 0 Å². The molecule has 3 aromatic carbocycles. The molecule has 6 heteroatoms. The minimum atomic E-state index is -0.135. The lowest BCUT2D eigenvalue weighted by Crippen LogP contribution is -2.18. The number of hydrogen-bond donors (Lipinski definition) is 1. The number of aryl methyl sites for hydroxylation is 1. The number of anilines is 1. The number of carbonyl (C=O) groups is 1. The number of nitrogens with zero attached hydrogens (tertiary/aromatic N) is 3. The van der Waals surface area contributed by atoms with E-state index in [2.05, 4.69) is 43.2 Å². The number of benzene rings is 3. The highest BCUT2D eigenvalue weighted by molar-refractivity contribution is 6.04. The van der Waals surface area contributed by atoms with Crippen molar-refractivity contribution in [2.24, 2.45) is 0 Å². The van der Waals surface area contributed by atoms with Crippen LogP contribution in [0.3, 0.4) is 0 Å². The van der Waals surface area contributed by atoms with Crippen LogP contribution in [0, 0.1) is 13.8 Å². The predicted molar refractivity (Wildman–Crippen MR) is 136 cm³/mol. The van der Waals surface area contributed by atoms with Crippen LogP contribution in [0.15, 0.2) is 78.9 Å². The van der Waals surface area contributed by atoms with Gasteiger partial charge in [0, 0.05) is 35.6 Å². The van der Waals surface area contributed by atoms with Gasteiger partial charge < -0.3 is 10.1 Å². The Labute approximate surface area is 200 Å². The van der Waals surface area contributed by atoms with E-state index in [0.717, 1.165) is 47.2 Å². The maximum Gasteiger partial charge on any atom is 0.255 e. The van der Waals surface area contributed by atoms with Crippen LogP contribution in [0.2, 0.25) is 0 Å². The van der Waals surface area contributed by atoms with Gasteiger partial charge in [0.2, 0.25) is 0 Å². The fourth-order valence-electron chi connectivity index (χ4n) is 4.00. The molecule has 0 saturated heterocycles. The summed E-state index contributed by atoms with van der Waals surface area (Å²) in [7, 11) is 3.72. The smallest absolute Gasteiger partial charge is 0.255 e. The first-order chi connectivity index (χ1) is 16.4. The van der Waals surface area contributed by atoms with E-state index in [1.165, 1.54) is 5.56 Å². The number of para-hydroxylation sites is 1. The number of aromatic nitrogens is 2. The molecule has 0 unspecified atom stereocenters. The summed E-state index contributed by atoms with van der Waals surface area (Å²) in [5, 5.41) is 7.67. The highest BCUT2D eigenvalue weighted by atomic mass is 16.5. The van der Waals surface area contributed by atoms with Gasteiger partial charge in [0.25, 0.3) is 5.91 Å². The molecule has 0 aliphatic rings. The molecule has 174 valence electrons. The van der Waals surface area contributed by atoms with Crippen molar-refractivity contribution >= 4 is 11.6 Å².